The van der Waals surface area contributed by atoms with Crippen LogP contribution in [-0.2, 0) is 16.0 Å². The fraction of sp³-hybridized carbons (Fsp3) is 0.400. The van der Waals surface area contributed by atoms with Gasteiger partial charge in [-0.15, -0.1) is 0 Å². The van der Waals surface area contributed by atoms with Crippen LogP contribution < -0.4 is 5.32 Å². The number of likely N-dealkylation sites (tertiary alicyclic amines) is 1. The van der Waals surface area contributed by atoms with Gasteiger partial charge in [0.2, 0.25) is 11.8 Å². The smallest absolute Gasteiger partial charge is 0.227 e. The molecule has 4 nitrogen and oxygen atoms in total. The van der Waals surface area contributed by atoms with Gasteiger partial charge in [-0.05, 0) is 36.1 Å². The largest absolute Gasteiger partial charge is 0.356 e. The van der Waals surface area contributed by atoms with E-state index in [0.717, 1.165) is 35.7 Å². The van der Waals surface area contributed by atoms with E-state index in [2.05, 4.69) is 23.5 Å². The van der Waals surface area contributed by atoms with E-state index in [1.54, 1.807) is 0 Å². The van der Waals surface area contributed by atoms with E-state index in [1.165, 1.54) is 0 Å². The summed E-state index contributed by atoms with van der Waals surface area (Å²) in [7, 11) is 0. The molecule has 2 amide bonds. The van der Waals surface area contributed by atoms with Crippen molar-refractivity contribution in [2.24, 2.45) is 5.92 Å². The molecular formula is C20H24N2O2. The number of nitrogens with one attached hydrogen (secondary N) is 1. The van der Waals surface area contributed by atoms with Crippen LogP contribution in [0.4, 0.5) is 0 Å². The predicted octanol–water partition coefficient (Wildman–Crippen LogP) is 2.76. The molecule has 126 valence electrons. The molecule has 0 radical (unpaired) electrons. The lowest BCUT2D eigenvalue weighted by Crippen LogP contribution is -2.45. The van der Waals surface area contributed by atoms with Gasteiger partial charge in [0, 0.05) is 19.6 Å². The fourth-order valence-electron chi connectivity index (χ4n) is 3.46. The topological polar surface area (TPSA) is 49.4 Å². The number of hydrogen-bond donors (Lipinski definition) is 1. The summed E-state index contributed by atoms with van der Waals surface area (Å²) in [5.41, 5.74) is 1.05. The molecule has 0 spiro atoms. The van der Waals surface area contributed by atoms with Crippen molar-refractivity contribution in [3.05, 3.63) is 48.0 Å². The molecule has 1 fully saturated rings. The van der Waals surface area contributed by atoms with Crippen LogP contribution in [0.3, 0.4) is 0 Å². The molecule has 24 heavy (non-hydrogen) atoms. The average molecular weight is 324 g/mol. The molecule has 0 aliphatic carbocycles. The van der Waals surface area contributed by atoms with Crippen LogP contribution >= 0.6 is 0 Å². The Bertz CT molecular complexity index is 736. The molecule has 0 bridgehead atoms. The first-order valence-corrected chi connectivity index (χ1v) is 8.71. The normalized spacial score (nSPS) is 17.7. The average Bonchev–Trinajstić information content (AvgIpc) is 2.62. The number of carbonyl (C=O) groups excluding carboxylic acids is 2. The van der Waals surface area contributed by atoms with Gasteiger partial charge in [0.05, 0.1) is 12.3 Å². The fourth-order valence-corrected chi connectivity index (χ4v) is 3.46. The van der Waals surface area contributed by atoms with Crippen LogP contribution in [0.2, 0.25) is 0 Å². The number of piperidine rings is 1. The maximum Gasteiger partial charge on any atom is 0.227 e. The minimum Gasteiger partial charge on any atom is -0.356 e. The third-order valence-corrected chi connectivity index (χ3v) is 4.72. The van der Waals surface area contributed by atoms with Crippen molar-refractivity contribution >= 4 is 22.6 Å². The Morgan fingerprint density at radius 1 is 1.17 bits per heavy atom. The van der Waals surface area contributed by atoms with E-state index in [4.69, 9.17) is 0 Å². The molecule has 3 rings (SSSR count). The van der Waals surface area contributed by atoms with Gasteiger partial charge in [0.15, 0.2) is 0 Å². The van der Waals surface area contributed by atoms with E-state index in [0.29, 0.717) is 19.5 Å². The maximum absolute atomic E-state index is 12.7. The summed E-state index contributed by atoms with van der Waals surface area (Å²) in [6.07, 6.45) is 2.15. The Morgan fingerprint density at radius 2 is 1.96 bits per heavy atom. The standard InChI is InChI=1S/C20H24N2O2/c1-2-21-20(24)17-10-6-12-22(14-17)19(23)13-16-9-5-8-15-7-3-4-11-18(15)16/h3-5,7-9,11,17H,2,6,10,12-14H2,1H3,(H,21,24). The summed E-state index contributed by atoms with van der Waals surface area (Å²) in [4.78, 5) is 26.6. The van der Waals surface area contributed by atoms with Crippen molar-refractivity contribution in [2.45, 2.75) is 26.2 Å². The number of benzene rings is 2. The highest BCUT2D eigenvalue weighted by Crippen LogP contribution is 2.21. The zero-order valence-corrected chi connectivity index (χ0v) is 14.1. The second-order valence-electron chi connectivity index (χ2n) is 6.39. The van der Waals surface area contributed by atoms with Crippen molar-refractivity contribution in [3.63, 3.8) is 0 Å². The van der Waals surface area contributed by atoms with Gasteiger partial charge in [-0.25, -0.2) is 0 Å². The van der Waals surface area contributed by atoms with E-state index in [9.17, 15) is 9.59 Å². The Balaban J connectivity index is 1.71. The van der Waals surface area contributed by atoms with Crippen molar-refractivity contribution in [1.29, 1.82) is 0 Å². The van der Waals surface area contributed by atoms with Crippen LogP contribution in [0.1, 0.15) is 25.3 Å². The minimum atomic E-state index is -0.0739. The van der Waals surface area contributed by atoms with Crippen molar-refractivity contribution in [2.75, 3.05) is 19.6 Å². The first-order valence-electron chi connectivity index (χ1n) is 8.71. The third kappa shape index (κ3) is 3.58. The summed E-state index contributed by atoms with van der Waals surface area (Å²) in [5.74, 6) is 0.107. The Hall–Kier alpha value is -2.36. The van der Waals surface area contributed by atoms with Crippen LogP contribution in [0.15, 0.2) is 42.5 Å². The van der Waals surface area contributed by atoms with Gasteiger partial charge in [-0.2, -0.15) is 0 Å². The molecule has 1 aliphatic rings. The lowest BCUT2D eigenvalue weighted by atomic mass is 9.96. The quantitative estimate of drug-likeness (QED) is 0.940. The molecular weight excluding hydrogens is 300 g/mol. The van der Waals surface area contributed by atoms with Crippen LogP contribution in [-0.4, -0.2) is 36.3 Å². The van der Waals surface area contributed by atoms with Crippen LogP contribution in [0, 0.1) is 5.92 Å². The predicted molar refractivity (Wildman–Crippen MR) is 95.6 cm³/mol. The monoisotopic (exact) mass is 324 g/mol. The number of carbonyl (C=O) groups is 2. The molecule has 0 saturated carbocycles. The molecule has 1 unspecified atom stereocenters. The molecule has 1 aliphatic heterocycles. The van der Waals surface area contributed by atoms with Gasteiger partial charge in [0.1, 0.15) is 0 Å². The molecule has 2 aromatic carbocycles. The molecule has 1 saturated heterocycles. The molecule has 0 aromatic heterocycles. The molecule has 1 atom stereocenters. The first kappa shape index (κ1) is 16.5. The summed E-state index contributed by atoms with van der Waals surface area (Å²) >= 11 is 0. The summed E-state index contributed by atoms with van der Waals surface area (Å²) < 4.78 is 0. The van der Waals surface area contributed by atoms with Crippen molar-refractivity contribution in [3.8, 4) is 0 Å². The van der Waals surface area contributed by atoms with Crippen molar-refractivity contribution in [1.82, 2.24) is 10.2 Å². The molecule has 1 heterocycles. The zero-order valence-electron chi connectivity index (χ0n) is 14.1. The van der Waals surface area contributed by atoms with E-state index < -0.39 is 0 Å². The maximum atomic E-state index is 12.7. The summed E-state index contributed by atoms with van der Waals surface area (Å²) in [6, 6.07) is 14.2. The first-order chi connectivity index (χ1) is 11.7. The van der Waals surface area contributed by atoms with Crippen molar-refractivity contribution < 1.29 is 9.59 Å². The van der Waals surface area contributed by atoms with Gasteiger partial charge < -0.3 is 10.2 Å². The lowest BCUT2D eigenvalue weighted by molar-refractivity contribution is -0.135. The van der Waals surface area contributed by atoms with Gasteiger partial charge in [0.25, 0.3) is 0 Å². The van der Waals surface area contributed by atoms with E-state index in [-0.39, 0.29) is 17.7 Å². The molecule has 1 N–H and O–H groups in total. The second-order valence-corrected chi connectivity index (χ2v) is 6.39. The summed E-state index contributed by atoms with van der Waals surface area (Å²) in [6.45, 7) is 3.85. The summed E-state index contributed by atoms with van der Waals surface area (Å²) in [5, 5.41) is 5.16. The lowest BCUT2D eigenvalue weighted by Gasteiger charge is -2.32. The Labute approximate surface area is 142 Å². The number of hydrogen-bond acceptors (Lipinski definition) is 2. The second kappa shape index (κ2) is 7.47. The minimum absolute atomic E-state index is 0.0696. The third-order valence-electron chi connectivity index (χ3n) is 4.72. The van der Waals surface area contributed by atoms with Gasteiger partial charge >= 0.3 is 0 Å². The number of amides is 2. The SMILES string of the molecule is CCNC(=O)C1CCCN(C(=O)Cc2cccc3ccccc23)C1. The van der Waals surface area contributed by atoms with E-state index in [1.807, 2.05) is 36.1 Å². The van der Waals surface area contributed by atoms with Crippen LogP contribution in [0.5, 0.6) is 0 Å². The van der Waals surface area contributed by atoms with E-state index >= 15 is 0 Å². The highest BCUT2D eigenvalue weighted by Gasteiger charge is 2.28. The Kier molecular flexibility index (Phi) is 5.14. The molecule has 4 heteroatoms. The van der Waals surface area contributed by atoms with Gasteiger partial charge in [-0.1, -0.05) is 42.5 Å². The highest BCUT2D eigenvalue weighted by molar-refractivity contribution is 5.90. The van der Waals surface area contributed by atoms with Crippen LogP contribution in [0.25, 0.3) is 10.8 Å². The number of fused-ring (bicyclic) bond motifs is 1. The number of nitrogens with zero attached hydrogens (tertiary/aromatic N) is 1. The molecule has 2 aromatic rings. The number of rotatable bonds is 4. The Morgan fingerprint density at radius 3 is 2.79 bits per heavy atom. The van der Waals surface area contributed by atoms with Gasteiger partial charge in [-0.3, -0.25) is 9.59 Å². The highest BCUT2D eigenvalue weighted by atomic mass is 16.2. The zero-order chi connectivity index (χ0) is 16.9.